The summed E-state index contributed by atoms with van der Waals surface area (Å²) in [5.74, 6) is -2.28. The van der Waals surface area contributed by atoms with E-state index in [1.165, 1.54) is 7.11 Å². The lowest BCUT2D eigenvalue weighted by molar-refractivity contribution is -0.151. The molecule has 1 rings (SSSR count). The summed E-state index contributed by atoms with van der Waals surface area (Å²) in [6.45, 7) is 4.11. The van der Waals surface area contributed by atoms with E-state index in [4.69, 9.17) is 20.3 Å². The van der Waals surface area contributed by atoms with Crippen LogP contribution in [0.15, 0.2) is 0 Å². The summed E-state index contributed by atoms with van der Waals surface area (Å²) in [6.07, 6.45) is 3.43. The van der Waals surface area contributed by atoms with Crippen molar-refractivity contribution in [3.05, 3.63) is 0 Å². The highest BCUT2D eigenvalue weighted by Crippen LogP contribution is 2.39. The Balaban J connectivity index is 2.70. The SMILES string of the molecule is COC(=O)[C@H](COC1(C(C)C)CCCC1)NC(=O)[C@@H](N)CC(=O)O. The molecule has 0 unspecified atom stereocenters. The highest BCUT2D eigenvalue weighted by molar-refractivity contribution is 5.89. The number of ether oxygens (including phenoxy) is 2. The number of rotatable bonds is 9. The monoisotopic (exact) mass is 344 g/mol. The number of carbonyl (C=O) groups excluding carboxylic acids is 2. The normalized spacial score (nSPS) is 18.9. The zero-order valence-electron chi connectivity index (χ0n) is 14.5. The van der Waals surface area contributed by atoms with Gasteiger partial charge in [-0.25, -0.2) is 4.79 Å². The number of methoxy groups -OCH3 is 1. The van der Waals surface area contributed by atoms with Crippen molar-refractivity contribution in [1.82, 2.24) is 5.32 Å². The maximum Gasteiger partial charge on any atom is 0.330 e. The van der Waals surface area contributed by atoms with E-state index in [9.17, 15) is 14.4 Å². The van der Waals surface area contributed by atoms with Crippen molar-refractivity contribution in [2.45, 2.75) is 63.6 Å². The van der Waals surface area contributed by atoms with Crippen LogP contribution < -0.4 is 11.1 Å². The lowest BCUT2D eigenvalue weighted by atomic mass is 9.88. The van der Waals surface area contributed by atoms with Crippen molar-refractivity contribution in [2.75, 3.05) is 13.7 Å². The van der Waals surface area contributed by atoms with Crippen molar-refractivity contribution in [2.24, 2.45) is 11.7 Å². The van der Waals surface area contributed by atoms with Crippen molar-refractivity contribution in [1.29, 1.82) is 0 Å². The van der Waals surface area contributed by atoms with E-state index in [2.05, 4.69) is 19.2 Å². The molecule has 0 aliphatic heterocycles. The van der Waals surface area contributed by atoms with Crippen LogP contribution in [-0.2, 0) is 23.9 Å². The van der Waals surface area contributed by atoms with Gasteiger partial charge >= 0.3 is 11.9 Å². The number of nitrogens with two attached hydrogens (primary N) is 1. The van der Waals surface area contributed by atoms with E-state index in [0.717, 1.165) is 25.7 Å². The van der Waals surface area contributed by atoms with Crippen molar-refractivity contribution in [3.8, 4) is 0 Å². The molecule has 1 amide bonds. The minimum absolute atomic E-state index is 0.0314. The second kappa shape index (κ2) is 8.98. The number of hydrogen-bond donors (Lipinski definition) is 3. The molecular formula is C16H28N2O6. The standard InChI is InChI=1S/C16H28N2O6/c1-10(2)16(6-4-5-7-16)24-9-12(15(22)23-3)18-14(21)11(17)8-13(19)20/h10-12H,4-9,17H2,1-3H3,(H,18,21)(H,19,20)/t11-,12-/m0/s1. The van der Waals surface area contributed by atoms with Crippen molar-refractivity contribution in [3.63, 3.8) is 0 Å². The Morgan fingerprint density at radius 2 is 1.83 bits per heavy atom. The summed E-state index contributed by atoms with van der Waals surface area (Å²) in [5.41, 5.74) is 5.21. The maximum atomic E-state index is 12.0. The number of nitrogens with one attached hydrogen (secondary N) is 1. The first kappa shape index (κ1) is 20.4. The molecule has 8 nitrogen and oxygen atoms in total. The zero-order valence-corrected chi connectivity index (χ0v) is 14.5. The van der Waals surface area contributed by atoms with Gasteiger partial charge in [0.2, 0.25) is 5.91 Å². The van der Waals surface area contributed by atoms with Crippen LogP contribution in [0.3, 0.4) is 0 Å². The van der Waals surface area contributed by atoms with Crippen LogP contribution in [0.2, 0.25) is 0 Å². The molecule has 0 spiro atoms. The molecule has 24 heavy (non-hydrogen) atoms. The molecule has 1 saturated carbocycles. The Kier molecular flexibility index (Phi) is 7.62. The zero-order chi connectivity index (χ0) is 18.3. The minimum Gasteiger partial charge on any atom is -0.481 e. The summed E-state index contributed by atoms with van der Waals surface area (Å²) in [7, 11) is 1.21. The van der Waals surface area contributed by atoms with Crippen LogP contribution in [0.25, 0.3) is 0 Å². The Morgan fingerprint density at radius 1 is 1.25 bits per heavy atom. The van der Waals surface area contributed by atoms with Gasteiger partial charge < -0.3 is 25.6 Å². The Bertz CT molecular complexity index is 459. The van der Waals surface area contributed by atoms with Gasteiger partial charge in [0.05, 0.1) is 31.8 Å². The predicted molar refractivity (Wildman–Crippen MR) is 86.2 cm³/mol. The lowest BCUT2D eigenvalue weighted by Crippen LogP contribution is -2.52. The first-order valence-corrected chi connectivity index (χ1v) is 8.21. The molecule has 4 N–H and O–H groups in total. The van der Waals surface area contributed by atoms with Crippen molar-refractivity contribution < 1.29 is 29.0 Å². The average Bonchev–Trinajstić information content (AvgIpc) is 2.99. The van der Waals surface area contributed by atoms with Gasteiger partial charge in [0.15, 0.2) is 6.04 Å². The summed E-state index contributed by atoms with van der Waals surface area (Å²) in [6, 6.07) is -2.25. The van der Waals surface area contributed by atoms with Crippen LogP contribution in [0, 0.1) is 5.92 Å². The second-order valence-corrected chi connectivity index (χ2v) is 6.53. The molecule has 0 aromatic carbocycles. The molecule has 2 atom stereocenters. The Hall–Kier alpha value is -1.67. The fourth-order valence-corrected chi connectivity index (χ4v) is 2.98. The molecule has 1 fully saturated rings. The van der Waals surface area contributed by atoms with Crippen LogP contribution in [-0.4, -0.2) is 54.4 Å². The Morgan fingerprint density at radius 3 is 2.29 bits per heavy atom. The van der Waals surface area contributed by atoms with Gasteiger partial charge in [0.1, 0.15) is 0 Å². The number of carbonyl (C=O) groups is 3. The van der Waals surface area contributed by atoms with Gasteiger partial charge in [-0.15, -0.1) is 0 Å². The van der Waals surface area contributed by atoms with Crippen LogP contribution >= 0.6 is 0 Å². The van der Waals surface area contributed by atoms with Gasteiger partial charge in [-0.1, -0.05) is 26.7 Å². The van der Waals surface area contributed by atoms with Gasteiger partial charge in [0.25, 0.3) is 0 Å². The molecule has 0 saturated heterocycles. The molecule has 0 bridgehead atoms. The maximum absolute atomic E-state index is 12.0. The predicted octanol–water partition coefficient (Wildman–Crippen LogP) is 0.432. The third-order valence-corrected chi connectivity index (χ3v) is 4.57. The lowest BCUT2D eigenvalue weighted by Gasteiger charge is -2.35. The molecule has 0 radical (unpaired) electrons. The summed E-state index contributed by atoms with van der Waals surface area (Å²) >= 11 is 0. The van der Waals surface area contributed by atoms with E-state index in [0.29, 0.717) is 0 Å². The summed E-state index contributed by atoms with van der Waals surface area (Å²) < 4.78 is 10.7. The number of esters is 1. The van der Waals surface area contributed by atoms with E-state index < -0.39 is 36.4 Å². The molecular weight excluding hydrogens is 316 g/mol. The molecule has 1 aliphatic carbocycles. The largest absolute Gasteiger partial charge is 0.481 e. The van der Waals surface area contributed by atoms with Gasteiger partial charge in [-0.2, -0.15) is 0 Å². The first-order valence-electron chi connectivity index (χ1n) is 8.21. The van der Waals surface area contributed by atoms with Crippen LogP contribution in [0.4, 0.5) is 0 Å². The van der Waals surface area contributed by atoms with Crippen LogP contribution in [0.1, 0.15) is 46.0 Å². The Labute approximate surface area is 142 Å². The van der Waals surface area contributed by atoms with Gasteiger partial charge in [-0.3, -0.25) is 9.59 Å². The van der Waals surface area contributed by atoms with Gasteiger partial charge in [0, 0.05) is 0 Å². The second-order valence-electron chi connectivity index (χ2n) is 6.53. The third-order valence-electron chi connectivity index (χ3n) is 4.57. The van der Waals surface area contributed by atoms with E-state index in [1.54, 1.807) is 0 Å². The average molecular weight is 344 g/mol. The third kappa shape index (κ3) is 5.45. The number of carboxylic acids is 1. The molecule has 8 heteroatoms. The van der Waals surface area contributed by atoms with E-state index in [-0.39, 0.29) is 18.1 Å². The fourth-order valence-electron chi connectivity index (χ4n) is 2.98. The first-order chi connectivity index (χ1) is 11.2. The van der Waals surface area contributed by atoms with E-state index >= 15 is 0 Å². The molecule has 0 aromatic heterocycles. The van der Waals surface area contributed by atoms with Gasteiger partial charge in [-0.05, 0) is 18.8 Å². The molecule has 138 valence electrons. The highest BCUT2D eigenvalue weighted by atomic mass is 16.5. The quantitative estimate of drug-likeness (QED) is 0.517. The summed E-state index contributed by atoms with van der Waals surface area (Å²) in [4.78, 5) is 34.5. The topological polar surface area (TPSA) is 128 Å². The fraction of sp³-hybridized carbons (Fsp3) is 0.812. The number of amides is 1. The number of aliphatic carboxylic acids is 1. The van der Waals surface area contributed by atoms with Crippen LogP contribution in [0.5, 0.6) is 0 Å². The highest BCUT2D eigenvalue weighted by Gasteiger charge is 2.39. The molecule has 0 aromatic rings. The molecule has 0 heterocycles. The van der Waals surface area contributed by atoms with Crippen molar-refractivity contribution >= 4 is 17.8 Å². The summed E-state index contributed by atoms with van der Waals surface area (Å²) in [5, 5.41) is 11.1. The number of hydrogen-bond acceptors (Lipinski definition) is 6. The minimum atomic E-state index is -1.24. The molecule has 1 aliphatic rings. The smallest absolute Gasteiger partial charge is 0.330 e. The number of carboxylic acid groups (broad SMARTS) is 1. The van der Waals surface area contributed by atoms with E-state index in [1.807, 2.05) is 0 Å².